The van der Waals surface area contributed by atoms with Crippen LogP contribution < -0.4 is 4.74 Å². The second-order valence-corrected chi connectivity index (χ2v) is 24.8. The monoisotopic (exact) mass is 687 g/mol. The Kier molecular flexibility index (Phi) is 18.6. The van der Waals surface area contributed by atoms with E-state index in [9.17, 15) is 9.90 Å². The van der Waals surface area contributed by atoms with Crippen molar-refractivity contribution in [1.82, 2.24) is 0 Å². The third-order valence-electron chi connectivity index (χ3n) is 10.2. The lowest BCUT2D eigenvalue weighted by molar-refractivity contribution is -0.134. The van der Waals surface area contributed by atoms with Gasteiger partial charge in [0.2, 0.25) is 0 Å². The molecular weight excluding hydrogens is 623 g/mol. The number of carbonyl (C=O) groups is 1. The highest BCUT2D eigenvalue weighted by atomic mass is 28.4. The van der Waals surface area contributed by atoms with E-state index in [-0.39, 0.29) is 41.6 Å². The molecule has 0 fully saturated rings. The van der Waals surface area contributed by atoms with Crippen LogP contribution in [0, 0.1) is 29.2 Å². The number of nitrogens with zero attached hydrogens (tertiary/aromatic N) is 3. The largest absolute Gasteiger partial charge is 0.497 e. The Labute approximate surface area is 288 Å². The van der Waals surface area contributed by atoms with Gasteiger partial charge in [0.25, 0.3) is 0 Å². The molecule has 8 nitrogen and oxygen atoms in total. The second kappa shape index (κ2) is 20.4. The Morgan fingerprint density at radius 1 is 1.02 bits per heavy atom. The van der Waals surface area contributed by atoms with E-state index in [1.54, 1.807) is 7.11 Å². The molecule has 10 heteroatoms. The van der Waals surface area contributed by atoms with Crippen molar-refractivity contribution in [3.05, 3.63) is 40.3 Å². The summed E-state index contributed by atoms with van der Waals surface area (Å²) in [5.41, 5.74) is 13.4. The van der Waals surface area contributed by atoms with Crippen LogP contribution in [0.2, 0.25) is 36.3 Å². The standard InChI is InChI=1S/C37H65N3O5Si2/c1-13-47(14-2,15-3)22-16-17-28(4)24-35(45-46(11,12)37(7,8)9)36(44-27-31-18-20-32(43-10)21-19-31)34(42)25-33(41)30(6)23-29(5)26-39-40-38/h18-21,28-30,34-36,42H,13-15,17,23-27H2,1-12H3/t28-,29-,30+,34-,35-,36+/m1/s1. The van der Waals surface area contributed by atoms with Crippen molar-refractivity contribution in [1.29, 1.82) is 0 Å². The average Bonchev–Trinajstić information content (AvgIpc) is 3.01. The van der Waals surface area contributed by atoms with Crippen molar-refractivity contribution in [2.45, 2.75) is 149 Å². The molecule has 0 unspecified atom stereocenters. The number of carbonyl (C=O) groups excluding carboxylic acids is 1. The van der Waals surface area contributed by atoms with Gasteiger partial charge in [-0.05, 0) is 84.2 Å². The molecule has 0 heterocycles. The number of aliphatic hydroxyl groups excluding tert-OH is 1. The molecule has 0 aliphatic carbocycles. The van der Waals surface area contributed by atoms with E-state index >= 15 is 0 Å². The summed E-state index contributed by atoms with van der Waals surface area (Å²) in [7, 11) is -2.22. The van der Waals surface area contributed by atoms with Crippen molar-refractivity contribution in [3.63, 3.8) is 0 Å². The summed E-state index contributed by atoms with van der Waals surface area (Å²) in [4.78, 5) is 16.3. The third-order valence-corrected chi connectivity index (χ3v) is 19.5. The van der Waals surface area contributed by atoms with E-state index in [4.69, 9.17) is 19.4 Å². The molecule has 0 aliphatic rings. The first-order valence-electron chi connectivity index (χ1n) is 17.6. The molecule has 0 aliphatic heterocycles. The van der Waals surface area contributed by atoms with Gasteiger partial charge in [0, 0.05) is 30.2 Å². The zero-order valence-corrected chi connectivity index (χ0v) is 33.6. The number of Topliss-reactive ketones (excluding diaryl/α,β-unsaturated/α-hetero) is 1. The Morgan fingerprint density at radius 2 is 1.62 bits per heavy atom. The first-order valence-corrected chi connectivity index (χ1v) is 23.1. The van der Waals surface area contributed by atoms with Gasteiger partial charge in [-0.2, -0.15) is 0 Å². The van der Waals surface area contributed by atoms with Crippen molar-refractivity contribution in [3.8, 4) is 17.2 Å². The molecule has 0 spiro atoms. The highest BCUT2D eigenvalue weighted by molar-refractivity contribution is 6.87. The Hall–Kier alpha value is -2.13. The lowest BCUT2D eigenvalue weighted by Crippen LogP contribution is -2.51. The topological polar surface area (TPSA) is 114 Å². The average molecular weight is 688 g/mol. The molecule has 0 bridgehead atoms. The Bertz CT molecular complexity index is 1170. The van der Waals surface area contributed by atoms with Gasteiger partial charge in [-0.25, -0.2) is 0 Å². The van der Waals surface area contributed by atoms with E-state index in [0.717, 1.165) is 17.7 Å². The quantitative estimate of drug-likeness (QED) is 0.0454. The summed E-state index contributed by atoms with van der Waals surface area (Å²) >= 11 is 0. The number of benzene rings is 1. The number of hydrogen-bond donors (Lipinski definition) is 1. The fourth-order valence-corrected chi connectivity index (χ4v) is 9.45. The van der Waals surface area contributed by atoms with Crippen LogP contribution in [0.15, 0.2) is 29.4 Å². The van der Waals surface area contributed by atoms with Crippen LogP contribution in [0.3, 0.4) is 0 Å². The molecule has 266 valence electrons. The van der Waals surface area contributed by atoms with Crippen molar-refractivity contribution >= 4 is 22.2 Å². The molecule has 1 aromatic carbocycles. The van der Waals surface area contributed by atoms with Gasteiger partial charge >= 0.3 is 0 Å². The summed E-state index contributed by atoms with van der Waals surface area (Å²) < 4.78 is 19.0. The van der Waals surface area contributed by atoms with E-state index in [1.165, 1.54) is 18.1 Å². The number of azide groups is 1. The molecule has 1 aromatic rings. The predicted octanol–water partition coefficient (Wildman–Crippen LogP) is 9.73. The number of hydrogen-bond acceptors (Lipinski definition) is 6. The van der Waals surface area contributed by atoms with Crippen molar-refractivity contribution in [2.24, 2.45) is 22.9 Å². The lowest BCUT2D eigenvalue weighted by atomic mass is 9.88. The van der Waals surface area contributed by atoms with Gasteiger partial charge in [0.15, 0.2) is 8.32 Å². The molecule has 47 heavy (non-hydrogen) atoms. The molecule has 0 aromatic heterocycles. The van der Waals surface area contributed by atoms with E-state index in [0.29, 0.717) is 19.4 Å². The van der Waals surface area contributed by atoms with Gasteiger partial charge in [0.05, 0.1) is 25.9 Å². The Balaban J connectivity index is 3.43. The summed E-state index contributed by atoms with van der Waals surface area (Å²) in [6.45, 7) is 24.6. The van der Waals surface area contributed by atoms with E-state index in [1.807, 2.05) is 38.1 Å². The highest BCUT2D eigenvalue weighted by Crippen LogP contribution is 2.39. The summed E-state index contributed by atoms with van der Waals surface area (Å²) in [6, 6.07) is 11.2. The molecule has 0 amide bonds. The molecule has 0 saturated heterocycles. The predicted molar refractivity (Wildman–Crippen MR) is 200 cm³/mol. The Morgan fingerprint density at radius 3 is 2.13 bits per heavy atom. The minimum Gasteiger partial charge on any atom is -0.497 e. The minimum absolute atomic E-state index is 0.0340. The molecule has 6 atom stereocenters. The maximum absolute atomic E-state index is 13.4. The van der Waals surface area contributed by atoms with E-state index < -0.39 is 34.7 Å². The molecule has 0 saturated carbocycles. The molecular formula is C37H65N3O5Si2. The first kappa shape index (κ1) is 42.9. The summed E-state index contributed by atoms with van der Waals surface area (Å²) in [6.07, 6.45) is -0.216. The van der Waals surface area contributed by atoms with Crippen molar-refractivity contribution < 1.29 is 23.8 Å². The van der Waals surface area contributed by atoms with Crippen LogP contribution in [-0.2, 0) is 20.6 Å². The van der Waals surface area contributed by atoms with Gasteiger partial charge in [-0.1, -0.05) is 79.6 Å². The number of ketones is 1. The molecule has 0 radical (unpaired) electrons. The number of ether oxygens (including phenoxy) is 2. The molecule has 1 N–H and O–H groups in total. The SMILES string of the molecule is CC[Si](C#CC[C@@H](C)C[C@@H](O[Si](C)(C)C(C)(C)C)[C@@H](OCc1ccc(OC)cc1)[C@H](O)CC(=O)[C@@H](C)C[C@@H](C)CN=[N+]=[N-])(CC)CC. The third kappa shape index (κ3) is 14.5. The zero-order chi connectivity index (χ0) is 35.8. The maximum Gasteiger partial charge on any atom is 0.192 e. The summed E-state index contributed by atoms with van der Waals surface area (Å²) in [5.74, 6) is 4.28. The fourth-order valence-electron chi connectivity index (χ4n) is 5.60. The fraction of sp³-hybridized carbons (Fsp3) is 0.757. The van der Waals surface area contributed by atoms with E-state index in [2.05, 4.69) is 83.1 Å². The van der Waals surface area contributed by atoms with Crippen LogP contribution in [0.5, 0.6) is 5.75 Å². The first-order chi connectivity index (χ1) is 22.0. The normalized spacial score (nSPS) is 16.1. The number of methoxy groups -OCH3 is 1. The van der Waals surface area contributed by atoms with Gasteiger partial charge in [-0.15, -0.1) is 11.5 Å². The maximum atomic E-state index is 13.4. The van der Waals surface area contributed by atoms with Gasteiger partial charge in [0.1, 0.15) is 25.7 Å². The number of rotatable bonds is 21. The van der Waals surface area contributed by atoms with Crippen molar-refractivity contribution in [2.75, 3.05) is 13.7 Å². The van der Waals surface area contributed by atoms with Crippen LogP contribution in [0.25, 0.3) is 10.4 Å². The zero-order valence-electron chi connectivity index (χ0n) is 31.6. The molecule has 1 rings (SSSR count). The van der Waals surface area contributed by atoms with Gasteiger partial charge in [-0.3, -0.25) is 4.79 Å². The minimum atomic E-state index is -2.30. The van der Waals surface area contributed by atoms with Gasteiger partial charge < -0.3 is 19.0 Å². The highest BCUT2D eigenvalue weighted by Gasteiger charge is 2.43. The summed E-state index contributed by atoms with van der Waals surface area (Å²) in [5, 5.41) is 15.4. The van der Waals surface area contributed by atoms with Crippen LogP contribution >= 0.6 is 0 Å². The number of aliphatic hydroxyl groups is 1. The second-order valence-electron chi connectivity index (χ2n) is 15.1. The van der Waals surface area contributed by atoms with Crippen LogP contribution in [0.1, 0.15) is 93.6 Å². The smallest absolute Gasteiger partial charge is 0.192 e. The van der Waals surface area contributed by atoms with Crippen LogP contribution in [-0.4, -0.2) is 59.2 Å². The lowest BCUT2D eigenvalue weighted by Gasteiger charge is -2.43. The van der Waals surface area contributed by atoms with Crippen LogP contribution in [0.4, 0.5) is 0 Å².